The first-order valence-corrected chi connectivity index (χ1v) is 10.8. The Hall–Kier alpha value is -3.04. The Balaban J connectivity index is 1.88. The number of aryl methyl sites for hydroxylation is 1. The largest absolute Gasteiger partial charge is 0.321 e. The molecule has 1 unspecified atom stereocenters. The molecule has 0 aromatic heterocycles. The molecule has 30 heavy (non-hydrogen) atoms. The monoisotopic (exact) mass is 428 g/mol. The van der Waals surface area contributed by atoms with E-state index in [1.807, 2.05) is 30.3 Å². The summed E-state index contributed by atoms with van der Waals surface area (Å²) in [6, 6.07) is 13.2. The van der Waals surface area contributed by atoms with Crippen molar-refractivity contribution in [2.24, 2.45) is 5.10 Å². The van der Waals surface area contributed by atoms with Crippen LogP contribution < -0.4 is 10.3 Å². The number of hydrogen-bond donors (Lipinski definition) is 1. The van der Waals surface area contributed by atoms with Crippen molar-refractivity contribution < 1.29 is 18.0 Å². The minimum atomic E-state index is -3.64. The first-order valence-electron chi connectivity index (χ1n) is 9.38. The average molecular weight is 429 g/mol. The Morgan fingerprint density at radius 3 is 2.40 bits per heavy atom. The molecular weight excluding hydrogens is 404 g/mol. The number of amides is 1. The number of nitrogens with zero attached hydrogens (tertiary/aromatic N) is 3. The van der Waals surface area contributed by atoms with Gasteiger partial charge in [-0.2, -0.15) is 5.10 Å². The van der Waals surface area contributed by atoms with Gasteiger partial charge in [0.2, 0.25) is 10.0 Å². The van der Waals surface area contributed by atoms with Crippen LogP contribution in [0.5, 0.6) is 0 Å². The van der Waals surface area contributed by atoms with Crippen molar-refractivity contribution in [2.75, 3.05) is 24.4 Å². The second kappa shape index (κ2) is 8.37. The van der Waals surface area contributed by atoms with Gasteiger partial charge in [-0.15, -0.1) is 0 Å². The van der Waals surface area contributed by atoms with E-state index in [4.69, 9.17) is 0 Å². The lowest BCUT2D eigenvalue weighted by molar-refractivity contribution is -0.118. The van der Waals surface area contributed by atoms with Crippen LogP contribution in [0.1, 0.15) is 18.9 Å². The van der Waals surface area contributed by atoms with E-state index in [0.29, 0.717) is 11.3 Å². The van der Waals surface area contributed by atoms with Crippen molar-refractivity contribution in [3.8, 4) is 0 Å². The highest BCUT2D eigenvalue weighted by molar-refractivity contribution is 7.89. The molecule has 1 heterocycles. The molecule has 0 fully saturated rings. The normalized spacial score (nSPS) is 16.5. The zero-order chi connectivity index (χ0) is 22.1. The summed E-state index contributed by atoms with van der Waals surface area (Å²) in [6.45, 7) is 3.24. The van der Waals surface area contributed by atoms with Gasteiger partial charge in [0.25, 0.3) is 5.91 Å². The highest BCUT2D eigenvalue weighted by Gasteiger charge is 2.34. The van der Waals surface area contributed by atoms with Gasteiger partial charge in [-0.3, -0.25) is 14.6 Å². The topological polar surface area (TPSA) is 99.1 Å². The number of hydrogen-bond acceptors (Lipinski definition) is 6. The Kier molecular flexibility index (Phi) is 6.04. The van der Waals surface area contributed by atoms with Crippen LogP contribution in [0.4, 0.5) is 11.4 Å². The van der Waals surface area contributed by atoms with E-state index >= 15 is 0 Å². The minimum absolute atomic E-state index is 0.0780. The van der Waals surface area contributed by atoms with Crippen molar-refractivity contribution in [1.29, 1.82) is 0 Å². The molecule has 2 aromatic rings. The molecule has 0 spiro atoms. The Morgan fingerprint density at radius 1 is 1.13 bits per heavy atom. The van der Waals surface area contributed by atoms with Gasteiger partial charge in [-0.25, -0.2) is 12.7 Å². The number of para-hydroxylation sites is 1. The Bertz CT molecular complexity index is 1110. The molecule has 2 aromatic carbocycles. The van der Waals surface area contributed by atoms with Crippen molar-refractivity contribution >= 4 is 38.8 Å². The number of rotatable bonds is 6. The number of nitrogens with one attached hydrogen (secondary N) is 1. The predicted octanol–water partition coefficient (Wildman–Crippen LogP) is 2.41. The lowest BCUT2D eigenvalue weighted by Crippen LogP contribution is -2.33. The first kappa shape index (κ1) is 21.7. The maximum atomic E-state index is 12.9. The third kappa shape index (κ3) is 4.27. The third-order valence-corrected chi connectivity index (χ3v) is 6.71. The lowest BCUT2D eigenvalue weighted by Gasteiger charge is -2.20. The first-order chi connectivity index (χ1) is 14.1. The van der Waals surface area contributed by atoms with E-state index < -0.39 is 22.0 Å². The van der Waals surface area contributed by atoms with E-state index in [9.17, 15) is 18.0 Å². The van der Waals surface area contributed by atoms with E-state index in [0.717, 1.165) is 9.99 Å². The van der Waals surface area contributed by atoms with Crippen molar-refractivity contribution in [3.63, 3.8) is 0 Å². The molecular formula is C21H24N4O4S. The number of Topliss-reactive ketones (excluding diaryl/α,β-unsaturated/α-hetero) is 1. The molecule has 0 aliphatic carbocycles. The van der Waals surface area contributed by atoms with Crippen molar-refractivity contribution in [1.82, 2.24) is 4.31 Å². The molecule has 0 saturated heterocycles. The number of benzene rings is 2. The predicted molar refractivity (Wildman–Crippen MR) is 116 cm³/mol. The quantitative estimate of drug-likeness (QED) is 0.762. The van der Waals surface area contributed by atoms with Gasteiger partial charge in [0.15, 0.2) is 5.78 Å². The maximum absolute atomic E-state index is 12.9. The molecule has 0 radical (unpaired) electrons. The molecule has 0 saturated carbocycles. The fourth-order valence-electron chi connectivity index (χ4n) is 3.08. The lowest BCUT2D eigenvalue weighted by atomic mass is 10.1. The van der Waals surface area contributed by atoms with E-state index in [2.05, 4.69) is 10.4 Å². The summed E-state index contributed by atoms with van der Waals surface area (Å²) in [5, 5.41) is 8.67. The van der Waals surface area contributed by atoms with Crippen molar-refractivity contribution in [2.45, 2.75) is 31.2 Å². The molecule has 1 aliphatic heterocycles. The van der Waals surface area contributed by atoms with Crippen molar-refractivity contribution in [3.05, 3.63) is 54.1 Å². The summed E-state index contributed by atoms with van der Waals surface area (Å²) in [5.41, 5.74) is 2.01. The molecule has 158 valence electrons. The van der Waals surface area contributed by atoms with Crippen LogP contribution in [-0.2, 0) is 19.6 Å². The molecule has 1 aliphatic rings. The molecule has 9 heteroatoms. The zero-order valence-electron chi connectivity index (χ0n) is 17.3. The standard InChI is InChI=1S/C21H24N4O4S/c1-14-10-11-17(30(28,29)24(3)4)12-18(14)22-21(27)19-13-20(15(2)26)25(23-19)16-8-6-5-7-9-16/h5-12,20H,13H2,1-4H3,(H,22,27). The SMILES string of the molecule is CC(=O)C1CC(C(=O)Nc2cc(S(=O)(=O)N(C)C)ccc2C)=NN1c1ccccc1. The van der Waals surface area contributed by atoms with Crippen LogP contribution in [0.25, 0.3) is 0 Å². The molecule has 1 atom stereocenters. The highest BCUT2D eigenvalue weighted by Crippen LogP contribution is 2.26. The van der Waals surface area contributed by atoms with E-state index in [1.165, 1.54) is 33.2 Å². The third-order valence-electron chi connectivity index (χ3n) is 4.90. The fourth-order valence-corrected chi connectivity index (χ4v) is 4.01. The smallest absolute Gasteiger partial charge is 0.271 e. The van der Waals surface area contributed by atoms with Crippen LogP contribution in [0, 0.1) is 6.92 Å². The summed E-state index contributed by atoms with van der Waals surface area (Å²) in [6.07, 6.45) is 0.171. The number of anilines is 2. The average Bonchev–Trinajstić information content (AvgIpc) is 3.16. The summed E-state index contributed by atoms with van der Waals surface area (Å²) >= 11 is 0. The second-order valence-corrected chi connectivity index (χ2v) is 9.43. The Labute approximate surface area is 176 Å². The molecule has 8 nitrogen and oxygen atoms in total. The fraction of sp³-hybridized carbons (Fsp3) is 0.286. The van der Waals surface area contributed by atoms with Gasteiger partial charge >= 0.3 is 0 Å². The van der Waals surface area contributed by atoms with Gasteiger partial charge in [-0.05, 0) is 43.7 Å². The molecule has 1 N–H and O–H groups in total. The molecule has 0 bridgehead atoms. The van der Waals surface area contributed by atoms with Crippen LogP contribution >= 0.6 is 0 Å². The van der Waals surface area contributed by atoms with Gasteiger partial charge in [0.05, 0.1) is 10.6 Å². The number of carbonyl (C=O) groups is 2. The number of hydrazone groups is 1. The van der Waals surface area contributed by atoms with Gasteiger partial charge in [0, 0.05) is 26.2 Å². The number of carbonyl (C=O) groups excluding carboxylic acids is 2. The van der Waals surface area contributed by atoms with Gasteiger partial charge in [-0.1, -0.05) is 24.3 Å². The van der Waals surface area contributed by atoms with Crippen LogP contribution in [0.3, 0.4) is 0 Å². The van der Waals surface area contributed by atoms with Gasteiger partial charge < -0.3 is 5.32 Å². The molecule has 1 amide bonds. The number of sulfonamides is 1. The molecule has 3 rings (SSSR count). The van der Waals surface area contributed by atoms with E-state index in [-0.39, 0.29) is 22.8 Å². The maximum Gasteiger partial charge on any atom is 0.271 e. The van der Waals surface area contributed by atoms with Crippen LogP contribution in [0.2, 0.25) is 0 Å². The minimum Gasteiger partial charge on any atom is -0.321 e. The van der Waals surface area contributed by atoms with Crippen LogP contribution in [-0.4, -0.2) is 50.3 Å². The second-order valence-electron chi connectivity index (χ2n) is 7.28. The summed E-state index contributed by atoms with van der Waals surface area (Å²) in [4.78, 5) is 25.1. The summed E-state index contributed by atoms with van der Waals surface area (Å²) in [7, 11) is -0.746. The van der Waals surface area contributed by atoms with Gasteiger partial charge in [0.1, 0.15) is 11.8 Å². The highest BCUT2D eigenvalue weighted by atomic mass is 32.2. The Morgan fingerprint density at radius 2 is 1.80 bits per heavy atom. The summed E-state index contributed by atoms with van der Waals surface area (Å²) < 4.78 is 25.9. The van der Waals surface area contributed by atoms with Crippen LogP contribution in [0.15, 0.2) is 58.5 Å². The summed E-state index contributed by atoms with van der Waals surface area (Å²) in [5.74, 6) is -0.567. The zero-order valence-corrected chi connectivity index (χ0v) is 18.1. The number of ketones is 1. The van der Waals surface area contributed by atoms with E-state index in [1.54, 1.807) is 18.0 Å².